The molecule has 12 heavy (non-hydrogen) atoms. The van der Waals surface area contributed by atoms with Gasteiger partial charge in [0.25, 0.3) is 0 Å². The summed E-state index contributed by atoms with van der Waals surface area (Å²) in [6.45, 7) is 3.67. The van der Waals surface area contributed by atoms with Gasteiger partial charge in [-0.2, -0.15) is 8.42 Å². The van der Waals surface area contributed by atoms with Crippen LogP contribution in [0.2, 0.25) is 0 Å². The average Bonchev–Trinajstić information content (AvgIpc) is 1.93. The van der Waals surface area contributed by atoms with Gasteiger partial charge in [0, 0.05) is 0 Å². The molecule has 1 aromatic carbocycles. The number of benzene rings is 1. The summed E-state index contributed by atoms with van der Waals surface area (Å²) in [6, 6.07) is 3.25. The summed E-state index contributed by atoms with van der Waals surface area (Å²) in [5, 5.41) is 0. The van der Waals surface area contributed by atoms with Gasteiger partial charge in [-0.1, -0.05) is 0 Å². The fourth-order valence-electron chi connectivity index (χ4n) is 1.34. The summed E-state index contributed by atoms with van der Waals surface area (Å²) in [5.74, 6) is 0.477. The SMILES string of the molecule is Cc1cc2cc(C)c1OS2(=O)=O. The van der Waals surface area contributed by atoms with Crippen LogP contribution in [0.3, 0.4) is 0 Å². The maximum Gasteiger partial charge on any atom is 0.339 e. The number of rotatable bonds is 0. The van der Waals surface area contributed by atoms with Gasteiger partial charge in [0.05, 0.1) is 0 Å². The lowest BCUT2D eigenvalue weighted by Gasteiger charge is -2.19. The molecule has 0 saturated carbocycles. The van der Waals surface area contributed by atoms with E-state index >= 15 is 0 Å². The highest BCUT2D eigenvalue weighted by molar-refractivity contribution is 7.87. The van der Waals surface area contributed by atoms with Gasteiger partial charge in [-0.3, -0.25) is 0 Å². The zero-order chi connectivity index (χ0) is 8.93. The Morgan fingerprint density at radius 1 is 1.17 bits per heavy atom. The number of hydrogen-bond donors (Lipinski definition) is 0. The molecule has 0 saturated heterocycles. The standard InChI is InChI=1S/C8H8O3S/c1-5-3-7-4-6(2)8(5)11-12(7,9)10/h3-4H,1-2H3. The van der Waals surface area contributed by atoms with Crippen molar-refractivity contribution >= 4 is 10.1 Å². The van der Waals surface area contributed by atoms with Gasteiger partial charge in [-0.05, 0) is 37.1 Å². The molecule has 2 bridgehead atoms. The van der Waals surface area contributed by atoms with Crippen molar-refractivity contribution in [1.29, 1.82) is 0 Å². The second kappa shape index (κ2) is 2.01. The van der Waals surface area contributed by atoms with Crippen molar-refractivity contribution in [3.05, 3.63) is 23.3 Å². The van der Waals surface area contributed by atoms with E-state index in [0.29, 0.717) is 5.75 Å². The first-order chi connectivity index (χ1) is 5.50. The molecule has 0 amide bonds. The van der Waals surface area contributed by atoms with E-state index < -0.39 is 10.1 Å². The van der Waals surface area contributed by atoms with Crippen LogP contribution in [0.1, 0.15) is 11.1 Å². The van der Waals surface area contributed by atoms with Crippen LogP contribution in [0.4, 0.5) is 0 Å². The highest BCUT2D eigenvalue weighted by Gasteiger charge is 2.26. The van der Waals surface area contributed by atoms with Crippen molar-refractivity contribution < 1.29 is 12.6 Å². The first-order valence-corrected chi connectivity index (χ1v) is 4.97. The highest BCUT2D eigenvalue weighted by atomic mass is 32.2. The molecule has 0 fully saturated rings. The molecule has 0 N–H and O–H groups in total. The predicted molar refractivity (Wildman–Crippen MR) is 43.7 cm³/mol. The summed E-state index contributed by atoms with van der Waals surface area (Å²) < 4.78 is 27.1. The van der Waals surface area contributed by atoms with Gasteiger partial charge in [-0.25, -0.2) is 0 Å². The Balaban J connectivity index is 2.87. The van der Waals surface area contributed by atoms with Crippen LogP contribution in [0.15, 0.2) is 17.0 Å². The molecule has 4 heteroatoms. The van der Waals surface area contributed by atoms with Crippen LogP contribution in [0, 0.1) is 13.8 Å². The maximum absolute atomic E-state index is 11.2. The third kappa shape index (κ3) is 0.845. The molecule has 0 radical (unpaired) electrons. The minimum absolute atomic E-state index is 0.257. The van der Waals surface area contributed by atoms with E-state index in [2.05, 4.69) is 0 Å². The number of aryl methyl sites for hydroxylation is 2. The second-order valence-electron chi connectivity index (χ2n) is 2.92. The lowest BCUT2D eigenvalue weighted by Crippen LogP contribution is -2.17. The van der Waals surface area contributed by atoms with Crippen LogP contribution in [-0.2, 0) is 10.1 Å². The summed E-state index contributed by atoms with van der Waals surface area (Å²) in [7, 11) is -3.46. The number of hydrogen-bond acceptors (Lipinski definition) is 3. The summed E-state index contributed by atoms with van der Waals surface area (Å²) in [6.07, 6.45) is 0. The number of fused-ring (bicyclic) bond motifs is 3. The second-order valence-corrected chi connectivity index (χ2v) is 4.47. The molecule has 0 unspecified atom stereocenters. The van der Waals surface area contributed by atoms with Crippen LogP contribution < -0.4 is 4.18 Å². The van der Waals surface area contributed by atoms with Crippen molar-refractivity contribution in [2.75, 3.05) is 0 Å². The Hall–Kier alpha value is -1.03. The normalized spacial score (nSPS) is 17.5. The molecule has 0 aliphatic carbocycles. The molecule has 2 heterocycles. The highest BCUT2D eigenvalue weighted by Crippen LogP contribution is 2.34. The summed E-state index contributed by atoms with van der Waals surface area (Å²) >= 11 is 0. The van der Waals surface area contributed by atoms with E-state index in [1.165, 1.54) is 0 Å². The lowest BCUT2D eigenvalue weighted by atomic mass is 10.1. The van der Waals surface area contributed by atoms with Crippen molar-refractivity contribution in [3.8, 4) is 5.75 Å². The van der Waals surface area contributed by atoms with Crippen LogP contribution in [0.25, 0.3) is 0 Å². The predicted octanol–water partition coefficient (Wildman–Crippen LogP) is 1.38. The Morgan fingerprint density at radius 2 is 1.67 bits per heavy atom. The first kappa shape index (κ1) is 7.61. The van der Waals surface area contributed by atoms with Crippen molar-refractivity contribution in [1.82, 2.24) is 0 Å². The summed E-state index contributed by atoms with van der Waals surface area (Å²) in [5.41, 5.74) is 1.75. The van der Waals surface area contributed by atoms with Crippen molar-refractivity contribution in [2.24, 2.45) is 0 Å². The molecule has 0 spiro atoms. The van der Waals surface area contributed by atoms with E-state index in [9.17, 15) is 8.42 Å². The largest absolute Gasteiger partial charge is 0.378 e. The van der Waals surface area contributed by atoms with Gasteiger partial charge in [0.2, 0.25) is 0 Å². The van der Waals surface area contributed by atoms with Crippen molar-refractivity contribution in [2.45, 2.75) is 18.7 Å². The lowest BCUT2D eigenvalue weighted by molar-refractivity contribution is 0.473. The molecule has 3 nitrogen and oxygen atoms in total. The van der Waals surface area contributed by atoms with Crippen LogP contribution >= 0.6 is 0 Å². The van der Waals surface area contributed by atoms with Gasteiger partial charge in [0.15, 0.2) is 0 Å². The zero-order valence-corrected chi connectivity index (χ0v) is 7.60. The topological polar surface area (TPSA) is 43.4 Å². The zero-order valence-electron chi connectivity index (χ0n) is 6.79. The molecule has 3 rings (SSSR count). The Morgan fingerprint density at radius 3 is 2.00 bits per heavy atom. The minimum Gasteiger partial charge on any atom is -0.378 e. The monoisotopic (exact) mass is 184 g/mol. The van der Waals surface area contributed by atoms with Gasteiger partial charge < -0.3 is 4.18 Å². The van der Waals surface area contributed by atoms with E-state index in [-0.39, 0.29) is 4.90 Å². The minimum atomic E-state index is -3.46. The molecule has 64 valence electrons. The van der Waals surface area contributed by atoms with Crippen LogP contribution in [-0.4, -0.2) is 8.42 Å². The fourth-order valence-corrected chi connectivity index (χ4v) is 2.56. The van der Waals surface area contributed by atoms with Gasteiger partial charge in [0.1, 0.15) is 10.6 Å². The molecular weight excluding hydrogens is 176 g/mol. The summed E-state index contributed by atoms with van der Waals surface area (Å²) in [4.78, 5) is 0.257. The van der Waals surface area contributed by atoms with E-state index in [0.717, 1.165) is 11.1 Å². The fraction of sp³-hybridized carbons (Fsp3) is 0.250. The smallest absolute Gasteiger partial charge is 0.339 e. The molecule has 0 atom stereocenters. The molecule has 1 aromatic rings. The quantitative estimate of drug-likeness (QED) is 0.572. The average molecular weight is 184 g/mol. The molecule has 0 aromatic heterocycles. The van der Waals surface area contributed by atoms with Gasteiger partial charge >= 0.3 is 10.1 Å². The van der Waals surface area contributed by atoms with Gasteiger partial charge in [-0.15, -0.1) is 0 Å². The third-order valence-corrected chi connectivity index (χ3v) is 3.11. The molecular formula is C8H8O3S. The first-order valence-electron chi connectivity index (χ1n) is 3.56. The van der Waals surface area contributed by atoms with Crippen LogP contribution in [0.5, 0.6) is 5.75 Å². The van der Waals surface area contributed by atoms with E-state index in [1.54, 1.807) is 12.1 Å². The Kier molecular flexibility index (Phi) is 1.28. The Bertz CT molecular complexity index is 422. The third-order valence-electron chi connectivity index (χ3n) is 1.92. The molecule has 2 aliphatic heterocycles. The molecule has 2 aliphatic rings. The Labute approximate surface area is 71.1 Å². The van der Waals surface area contributed by atoms with E-state index in [1.807, 2.05) is 13.8 Å². The van der Waals surface area contributed by atoms with E-state index in [4.69, 9.17) is 4.18 Å². The maximum atomic E-state index is 11.2. The van der Waals surface area contributed by atoms with Crippen molar-refractivity contribution in [3.63, 3.8) is 0 Å².